The van der Waals surface area contributed by atoms with E-state index in [2.05, 4.69) is 19.2 Å². The third-order valence-corrected chi connectivity index (χ3v) is 6.79. The number of rotatable bonds is 3. The topological polar surface area (TPSA) is 55.1 Å². The lowest BCUT2D eigenvalue weighted by atomic mass is 9.65. The number of hydrogen-bond acceptors (Lipinski definition) is 2. The standard InChI is InChI=1S/C19H34N2O/c1-12(2)13-5-4-8-17(11-13)21-19(22)16-9-14-6-3-7-15(10-16)18(14)20/h12-18H,3-11,20H2,1-2H3,(H,21,22). The molecule has 3 fully saturated rings. The Balaban J connectivity index is 1.54. The van der Waals surface area contributed by atoms with Crippen LogP contribution in [0.5, 0.6) is 0 Å². The molecule has 3 rings (SSSR count). The average molecular weight is 306 g/mol. The predicted octanol–water partition coefficient (Wildman–Crippen LogP) is 3.47. The van der Waals surface area contributed by atoms with E-state index in [1.165, 1.54) is 44.9 Å². The van der Waals surface area contributed by atoms with Gasteiger partial charge in [-0.05, 0) is 62.2 Å². The van der Waals surface area contributed by atoms with Crippen LogP contribution in [0.2, 0.25) is 0 Å². The van der Waals surface area contributed by atoms with Gasteiger partial charge in [-0.25, -0.2) is 0 Å². The van der Waals surface area contributed by atoms with E-state index in [0.29, 0.717) is 29.8 Å². The van der Waals surface area contributed by atoms with Crippen LogP contribution in [0, 0.1) is 29.6 Å². The van der Waals surface area contributed by atoms with Gasteiger partial charge >= 0.3 is 0 Å². The molecular formula is C19H34N2O. The lowest BCUT2D eigenvalue weighted by Crippen LogP contribution is -2.50. The number of hydrogen-bond donors (Lipinski definition) is 2. The maximum atomic E-state index is 12.7. The fourth-order valence-electron chi connectivity index (χ4n) is 5.29. The van der Waals surface area contributed by atoms with Gasteiger partial charge in [-0.3, -0.25) is 4.79 Å². The van der Waals surface area contributed by atoms with Crippen LogP contribution >= 0.6 is 0 Å². The number of fused-ring (bicyclic) bond motifs is 2. The molecule has 0 radical (unpaired) electrons. The molecule has 2 bridgehead atoms. The van der Waals surface area contributed by atoms with Crippen molar-refractivity contribution in [3.05, 3.63) is 0 Å². The number of nitrogens with one attached hydrogen (secondary N) is 1. The summed E-state index contributed by atoms with van der Waals surface area (Å²) >= 11 is 0. The highest BCUT2D eigenvalue weighted by Gasteiger charge is 2.41. The van der Waals surface area contributed by atoms with Crippen molar-refractivity contribution in [2.24, 2.45) is 35.3 Å². The van der Waals surface area contributed by atoms with Gasteiger partial charge in [-0.15, -0.1) is 0 Å². The highest BCUT2D eigenvalue weighted by molar-refractivity contribution is 5.79. The Kier molecular flexibility index (Phi) is 5.11. The van der Waals surface area contributed by atoms with Gasteiger partial charge in [0.15, 0.2) is 0 Å². The first-order valence-electron chi connectivity index (χ1n) is 9.60. The zero-order chi connectivity index (χ0) is 15.7. The van der Waals surface area contributed by atoms with E-state index < -0.39 is 0 Å². The molecule has 3 nitrogen and oxygen atoms in total. The van der Waals surface area contributed by atoms with Crippen molar-refractivity contribution < 1.29 is 4.79 Å². The molecule has 3 heteroatoms. The summed E-state index contributed by atoms with van der Waals surface area (Å²) < 4.78 is 0. The second-order valence-corrected chi connectivity index (χ2v) is 8.57. The fourth-order valence-corrected chi connectivity index (χ4v) is 5.29. The Morgan fingerprint density at radius 2 is 1.64 bits per heavy atom. The van der Waals surface area contributed by atoms with Crippen LogP contribution in [0.15, 0.2) is 0 Å². The highest BCUT2D eigenvalue weighted by atomic mass is 16.1. The number of nitrogens with two attached hydrogens (primary N) is 1. The minimum absolute atomic E-state index is 0.231. The normalized spacial score (nSPS) is 42.2. The van der Waals surface area contributed by atoms with Crippen LogP contribution in [0.4, 0.5) is 0 Å². The van der Waals surface area contributed by atoms with Gasteiger partial charge in [-0.1, -0.05) is 33.1 Å². The molecule has 0 aliphatic heterocycles. The second kappa shape index (κ2) is 6.90. The smallest absolute Gasteiger partial charge is 0.223 e. The third kappa shape index (κ3) is 3.50. The molecule has 22 heavy (non-hydrogen) atoms. The summed E-state index contributed by atoms with van der Waals surface area (Å²) in [5.41, 5.74) is 6.35. The van der Waals surface area contributed by atoms with Crippen molar-refractivity contribution in [3.8, 4) is 0 Å². The average Bonchev–Trinajstić information content (AvgIpc) is 2.47. The van der Waals surface area contributed by atoms with Crippen LogP contribution in [0.25, 0.3) is 0 Å². The molecule has 126 valence electrons. The van der Waals surface area contributed by atoms with Crippen molar-refractivity contribution in [2.75, 3.05) is 0 Å². The Bertz CT molecular complexity index is 381. The summed E-state index contributed by atoms with van der Waals surface area (Å²) in [4.78, 5) is 12.7. The molecule has 3 aliphatic carbocycles. The molecule has 0 spiro atoms. The minimum atomic E-state index is 0.231. The molecule has 3 saturated carbocycles. The summed E-state index contributed by atoms with van der Waals surface area (Å²) in [6, 6.07) is 0.780. The van der Waals surface area contributed by atoms with E-state index in [9.17, 15) is 4.79 Å². The third-order valence-electron chi connectivity index (χ3n) is 6.79. The van der Waals surface area contributed by atoms with E-state index in [-0.39, 0.29) is 5.92 Å². The van der Waals surface area contributed by atoms with E-state index in [1.54, 1.807) is 0 Å². The van der Waals surface area contributed by atoms with Crippen LogP contribution in [0.1, 0.15) is 71.6 Å². The Morgan fingerprint density at radius 3 is 2.27 bits per heavy atom. The van der Waals surface area contributed by atoms with Gasteiger partial charge in [0.1, 0.15) is 0 Å². The zero-order valence-electron chi connectivity index (χ0n) is 14.4. The maximum absolute atomic E-state index is 12.7. The van der Waals surface area contributed by atoms with Crippen molar-refractivity contribution >= 4 is 5.91 Å². The van der Waals surface area contributed by atoms with Gasteiger partial charge in [0.2, 0.25) is 5.91 Å². The largest absolute Gasteiger partial charge is 0.353 e. The summed E-state index contributed by atoms with van der Waals surface area (Å²) in [6.07, 6.45) is 10.8. The predicted molar refractivity (Wildman–Crippen MR) is 90.3 cm³/mol. The van der Waals surface area contributed by atoms with Gasteiger partial charge in [-0.2, -0.15) is 0 Å². The summed E-state index contributed by atoms with van der Waals surface area (Å²) in [6.45, 7) is 4.64. The summed E-state index contributed by atoms with van der Waals surface area (Å²) in [7, 11) is 0. The van der Waals surface area contributed by atoms with Crippen LogP contribution < -0.4 is 11.1 Å². The first kappa shape index (κ1) is 16.3. The van der Waals surface area contributed by atoms with Crippen LogP contribution in [0.3, 0.4) is 0 Å². The highest BCUT2D eigenvalue weighted by Crippen LogP contribution is 2.42. The summed E-state index contributed by atoms with van der Waals surface area (Å²) in [5, 5.41) is 3.40. The molecule has 0 aromatic carbocycles. The first-order valence-corrected chi connectivity index (χ1v) is 9.60. The van der Waals surface area contributed by atoms with Gasteiger partial charge in [0, 0.05) is 18.0 Å². The second-order valence-electron chi connectivity index (χ2n) is 8.57. The van der Waals surface area contributed by atoms with Crippen molar-refractivity contribution in [2.45, 2.75) is 83.7 Å². The lowest BCUT2D eigenvalue weighted by molar-refractivity contribution is -0.129. The first-order chi connectivity index (χ1) is 10.5. The van der Waals surface area contributed by atoms with Crippen molar-refractivity contribution in [1.82, 2.24) is 5.32 Å². The van der Waals surface area contributed by atoms with Crippen molar-refractivity contribution in [3.63, 3.8) is 0 Å². The molecule has 0 heterocycles. The molecule has 4 unspecified atom stereocenters. The van der Waals surface area contributed by atoms with Gasteiger partial charge in [0.25, 0.3) is 0 Å². The zero-order valence-corrected chi connectivity index (χ0v) is 14.4. The van der Waals surface area contributed by atoms with Gasteiger partial charge in [0.05, 0.1) is 0 Å². The molecule has 3 N–H and O–H groups in total. The quantitative estimate of drug-likeness (QED) is 0.839. The SMILES string of the molecule is CC(C)C1CCCC(NC(=O)C2CC3CCCC(C2)C3N)C1. The van der Waals surface area contributed by atoms with E-state index in [1.807, 2.05) is 0 Å². The Hall–Kier alpha value is -0.570. The van der Waals surface area contributed by atoms with Crippen LogP contribution in [-0.2, 0) is 4.79 Å². The monoisotopic (exact) mass is 306 g/mol. The molecule has 0 saturated heterocycles. The Morgan fingerprint density at radius 1 is 1.00 bits per heavy atom. The lowest BCUT2D eigenvalue weighted by Gasteiger charge is -2.44. The minimum Gasteiger partial charge on any atom is -0.353 e. The molecule has 3 aliphatic rings. The molecule has 1 amide bonds. The van der Waals surface area contributed by atoms with E-state index in [4.69, 9.17) is 5.73 Å². The maximum Gasteiger partial charge on any atom is 0.223 e. The number of carbonyl (C=O) groups is 1. The Labute approximate surface area is 135 Å². The molecule has 0 aromatic heterocycles. The molecule has 4 atom stereocenters. The van der Waals surface area contributed by atoms with E-state index >= 15 is 0 Å². The van der Waals surface area contributed by atoms with E-state index in [0.717, 1.165) is 24.7 Å². The van der Waals surface area contributed by atoms with Crippen LogP contribution in [-0.4, -0.2) is 18.0 Å². The fraction of sp³-hybridized carbons (Fsp3) is 0.947. The molecule has 0 aromatic rings. The number of carbonyl (C=O) groups excluding carboxylic acids is 1. The van der Waals surface area contributed by atoms with Gasteiger partial charge < -0.3 is 11.1 Å². The van der Waals surface area contributed by atoms with Crippen molar-refractivity contribution in [1.29, 1.82) is 0 Å². The number of amides is 1. The summed E-state index contributed by atoms with van der Waals surface area (Å²) in [5.74, 6) is 3.29. The molecular weight excluding hydrogens is 272 g/mol.